The lowest BCUT2D eigenvalue weighted by Gasteiger charge is -2.03. The quantitative estimate of drug-likeness (QED) is 0.493. The van der Waals surface area contributed by atoms with Crippen molar-refractivity contribution in [1.29, 1.82) is 0 Å². The van der Waals surface area contributed by atoms with Crippen molar-refractivity contribution in [3.8, 4) is 0 Å². The molecule has 0 rings (SSSR count). The van der Waals surface area contributed by atoms with Crippen LogP contribution < -0.4 is 0 Å². The normalized spacial score (nSPS) is 14.3. The van der Waals surface area contributed by atoms with Gasteiger partial charge in [-0.25, -0.2) is 0 Å². The molecule has 0 aromatic carbocycles. The summed E-state index contributed by atoms with van der Waals surface area (Å²) in [5.41, 5.74) is 0. The van der Waals surface area contributed by atoms with Crippen LogP contribution in [0.5, 0.6) is 0 Å². The molecule has 8 heteroatoms. The Kier molecular flexibility index (Phi) is 3.39. The van der Waals surface area contributed by atoms with Gasteiger partial charge in [-0.05, 0) is 6.92 Å². The number of hydrogen-bond donors (Lipinski definition) is 2. The smallest absolute Gasteiger partial charge is 0.284 e. The standard InChI is InChI=1S/C4H8O6S2/c1-2-3-4(11(5,6)7)12(8,9)10/h2-4H,1H3,(H,5,6,7)(H,8,9,10). The molecule has 0 aromatic rings. The first-order valence-electron chi connectivity index (χ1n) is 2.75. The van der Waals surface area contributed by atoms with Crippen LogP contribution in [-0.4, -0.2) is 30.5 Å². The lowest BCUT2D eigenvalue weighted by atomic mass is 10.6. The summed E-state index contributed by atoms with van der Waals surface area (Å²) < 4.78 is 55.7. The third kappa shape index (κ3) is 3.30. The SMILES string of the molecule is CC=CC(S(=O)(=O)O)S(=O)(=O)O. The van der Waals surface area contributed by atoms with E-state index in [0.717, 1.165) is 6.08 Å². The van der Waals surface area contributed by atoms with Crippen LogP contribution in [0.3, 0.4) is 0 Å². The topological polar surface area (TPSA) is 109 Å². The molecule has 0 unspecified atom stereocenters. The van der Waals surface area contributed by atoms with Gasteiger partial charge in [-0.2, -0.15) is 16.8 Å². The Bertz CT molecular complexity index is 328. The first-order chi connectivity index (χ1) is 5.19. The van der Waals surface area contributed by atoms with E-state index in [4.69, 9.17) is 9.11 Å². The predicted octanol–water partition coefficient (Wildman–Crippen LogP) is -0.336. The van der Waals surface area contributed by atoms with Gasteiger partial charge in [-0.1, -0.05) is 12.2 Å². The molecule has 0 saturated carbocycles. The first-order valence-corrected chi connectivity index (χ1v) is 5.75. The van der Waals surface area contributed by atoms with Crippen molar-refractivity contribution in [3.63, 3.8) is 0 Å². The van der Waals surface area contributed by atoms with E-state index in [0.29, 0.717) is 6.08 Å². The molecule has 0 atom stereocenters. The van der Waals surface area contributed by atoms with Crippen LogP contribution in [0.25, 0.3) is 0 Å². The highest BCUT2D eigenvalue weighted by molar-refractivity contribution is 8.04. The second-order valence-electron chi connectivity index (χ2n) is 1.92. The third-order valence-corrected chi connectivity index (χ3v) is 3.88. The fourth-order valence-electron chi connectivity index (χ4n) is 0.509. The van der Waals surface area contributed by atoms with Gasteiger partial charge in [0.05, 0.1) is 0 Å². The summed E-state index contributed by atoms with van der Waals surface area (Å²) in [6, 6.07) is 0. The summed E-state index contributed by atoms with van der Waals surface area (Å²) in [5.74, 6) is 0. The zero-order valence-electron chi connectivity index (χ0n) is 6.08. The number of rotatable bonds is 3. The van der Waals surface area contributed by atoms with Crippen molar-refractivity contribution in [1.82, 2.24) is 0 Å². The molecule has 0 fully saturated rings. The zero-order valence-corrected chi connectivity index (χ0v) is 7.71. The number of allylic oxidation sites excluding steroid dienone is 1. The molecule has 0 spiro atoms. The molecule has 0 aliphatic rings. The largest absolute Gasteiger partial charge is 0.288 e. The highest BCUT2D eigenvalue weighted by Crippen LogP contribution is 2.07. The van der Waals surface area contributed by atoms with Crippen molar-refractivity contribution < 1.29 is 25.9 Å². The van der Waals surface area contributed by atoms with Crippen LogP contribution >= 0.6 is 0 Å². The molecule has 2 N–H and O–H groups in total. The van der Waals surface area contributed by atoms with Crippen LogP contribution in [0.2, 0.25) is 0 Å². The highest BCUT2D eigenvalue weighted by Gasteiger charge is 2.32. The minimum atomic E-state index is -4.81. The Morgan fingerprint density at radius 3 is 1.50 bits per heavy atom. The van der Waals surface area contributed by atoms with Gasteiger partial charge in [0.2, 0.25) is 4.58 Å². The molecule has 0 aliphatic heterocycles. The van der Waals surface area contributed by atoms with E-state index in [2.05, 4.69) is 0 Å². The minimum Gasteiger partial charge on any atom is -0.284 e. The fourth-order valence-corrected chi connectivity index (χ4v) is 2.45. The van der Waals surface area contributed by atoms with Crippen molar-refractivity contribution in [2.24, 2.45) is 0 Å². The molecule has 0 bridgehead atoms. The maximum absolute atomic E-state index is 10.3. The van der Waals surface area contributed by atoms with Crippen LogP contribution in [0.4, 0.5) is 0 Å². The van der Waals surface area contributed by atoms with Crippen LogP contribution in [-0.2, 0) is 20.2 Å². The molecule has 6 nitrogen and oxygen atoms in total. The lowest BCUT2D eigenvalue weighted by Crippen LogP contribution is -2.27. The van der Waals surface area contributed by atoms with E-state index in [1.807, 2.05) is 0 Å². The zero-order chi connectivity index (χ0) is 9.99. The second-order valence-corrected chi connectivity index (χ2v) is 5.30. The summed E-state index contributed by atoms with van der Waals surface area (Å²) in [6.45, 7) is 1.35. The molecular formula is C4H8O6S2. The molecular weight excluding hydrogens is 208 g/mol. The molecule has 0 radical (unpaired) electrons. The maximum Gasteiger partial charge on any atom is 0.288 e. The van der Waals surface area contributed by atoms with Crippen LogP contribution in [0.15, 0.2) is 12.2 Å². The first kappa shape index (κ1) is 11.6. The van der Waals surface area contributed by atoms with Gasteiger partial charge < -0.3 is 0 Å². The van der Waals surface area contributed by atoms with Crippen molar-refractivity contribution >= 4 is 20.2 Å². The van der Waals surface area contributed by atoms with Gasteiger partial charge in [0.1, 0.15) is 0 Å². The van der Waals surface area contributed by atoms with Gasteiger partial charge in [0.25, 0.3) is 20.2 Å². The van der Waals surface area contributed by atoms with E-state index in [-0.39, 0.29) is 0 Å². The van der Waals surface area contributed by atoms with Crippen molar-refractivity contribution in [2.45, 2.75) is 11.5 Å². The Balaban J connectivity index is 5.26. The van der Waals surface area contributed by atoms with Crippen LogP contribution in [0, 0.1) is 0 Å². The lowest BCUT2D eigenvalue weighted by molar-refractivity contribution is 0.463. The summed E-state index contributed by atoms with van der Waals surface area (Å²) in [7, 11) is -9.62. The van der Waals surface area contributed by atoms with Gasteiger partial charge >= 0.3 is 0 Å². The molecule has 0 amide bonds. The molecule has 0 aromatic heterocycles. The summed E-state index contributed by atoms with van der Waals surface area (Å²) >= 11 is 0. The van der Waals surface area contributed by atoms with Gasteiger partial charge in [0, 0.05) is 0 Å². The Hall–Kier alpha value is -0.440. The Morgan fingerprint density at radius 2 is 1.42 bits per heavy atom. The summed E-state index contributed by atoms with van der Waals surface area (Å²) in [4.78, 5) is 0. The molecule has 0 heterocycles. The van der Waals surface area contributed by atoms with E-state index < -0.39 is 24.8 Å². The third-order valence-electron chi connectivity index (χ3n) is 0.937. The summed E-state index contributed by atoms with van der Waals surface area (Å²) in [5, 5.41) is 0. The monoisotopic (exact) mass is 216 g/mol. The van der Waals surface area contributed by atoms with Gasteiger partial charge in [-0.15, -0.1) is 0 Å². The van der Waals surface area contributed by atoms with Gasteiger partial charge in [-0.3, -0.25) is 9.11 Å². The number of hydrogen-bond acceptors (Lipinski definition) is 4. The van der Waals surface area contributed by atoms with Gasteiger partial charge in [0.15, 0.2) is 0 Å². The predicted molar refractivity (Wildman–Crippen MR) is 41.7 cm³/mol. The maximum atomic E-state index is 10.3. The van der Waals surface area contributed by atoms with E-state index in [9.17, 15) is 16.8 Å². The van der Waals surface area contributed by atoms with Crippen LogP contribution in [0.1, 0.15) is 6.92 Å². The van der Waals surface area contributed by atoms with E-state index in [1.54, 1.807) is 0 Å². The van der Waals surface area contributed by atoms with E-state index >= 15 is 0 Å². The molecule has 0 saturated heterocycles. The molecule has 0 aliphatic carbocycles. The summed E-state index contributed by atoms with van der Waals surface area (Å²) in [6.07, 6.45) is 1.75. The minimum absolute atomic E-state index is 0.657. The Morgan fingerprint density at radius 1 is 1.08 bits per heavy atom. The molecule has 12 heavy (non-hydrogen) atoms. The average Bonchev–Trinajstić information content (AvgIpc) is 1.77. The average molecular weight is 216 g/mol. The highest BCUT2D eigenvalue weighted by atomic mass is 32.3. The second kappa shape index (κ2) is 3.52. The Labute approximate surface area is 70.4 Å². The van der Waals surface area contributed by atoms with Crippen molar-refractivity contribution in [2.75, 3.05) is 0 Å². The fraction of sp³-hybridized carbons (Fsp3) is 0.500. The van der Waals surface area contributed by atoms with Crippen molar-refractivity contribution in [3.05, 3.63) is 12.2 Å². The molecule has 72 valence electrons. The van der Waals surface area contributed by atoms with E-state index in [1.165, 1.54) is 6.92 Å².